The van der Waals surface area contributed by atoms with E-state index in [4.69, 9.17) is 9.16 Å². The van der Waals surface area contributed by atoms with Gasteiger partial charge in [-0.05, 0) is 18.1 Å². The monoisotopic (exact) mass is 392 g/mol. The van der Waals surface area contributed by atoms with Crippen molar-refractivity contribution in [1.82, 2.24) is 0 Å². The Morgan fingerprint density at radius 1 is 1.08 bits per heavy atom. The van der Waals surface area contributed by atoms with Gasteiger partial charge in [0.1, 0.15) is 6.10 Å². The van der Waals surface area contributed by atoms with E-state index in [1.807, 2.05) is 0 Å². The predicted molar refractivity (Wildman–Crippen MR) is 106 cm³/mol. The Balaban J connectivity index is 5.01. The molecule has 0 aliphatic rings. The van der Waals surface area contributed by atoms with Gasteiger partial charge in [0.25, 0.3) is 0 Å². The molecule has 0 aromatic rings. The first-order valence-electron chi connectivity index (χ1n) is 9.38. The van der Waals surface area contributed by atoms with Gasteiger partial charge in [0.15, 0.2) is 14.1 Å². The number of hydrogen-bond donors (Lipinski definition) is 3. The zero-order valence-electron chi connectivity index (χ0n) is 17.9. The first-order valence-corrected chi connectivity index (χ1v) is 12.3. The number of carbonyl (C=O) groups excluding carboxylic acids is 1. The maximum absolute atomic E-state index is 12.8. The van der Waals surface area contributed by atoms with Gasteiger partial charge in [0.2, 0.25) is 0 Å². The number of aliphatic hydroxyl groups is 3. The van der Waals surface area contributed by atoms with Gasteiger partial charge in [-0.25, -0.2) is 0 Å². The van der Waals surface area contributed by atoms with Gasteiger partial charge < -0.3 is 24.5 Å². The Bertz CT molecular complexity index is 434. The molecule has 0 aliphatic carbocycles. The molecule has 26 heavy (non-hydrogen) atoms. The van der Waals surface area contributed by atoms with Crippen LogP contribution < -0.4 is 0 Å². The summed E-state index contributed by atoms with van der Waals surface area (Å²) < 4.78 is 11.4. The van der Waals surface area contributed by atoms with Crippen LogP contribution in [0.4, 0.5) is 0 Å². The minimum absolute atomic E-state index is 0.0506. The second kappa shape index (κ2) is 10.3. The Kier molecular flexibility index (Phi) is 10.2. The fraction of sp³-hybridized carbons (Fsp3) is 0.947. The molecule has 0 aliphatic heterocycles. The third-order valence-corrected chi connectivity index (χ3v) is 10.3. The Hall–Kier alpha value is -0.313. The van der Waals surface area contributed by atoms with Crippen molar-refractivity contribution >= 4 is 14.1 Å². The van der Waals surface area contributed by atoms with Crippen LogP contribution >= 0.6 is 0 Å². The molecule has 3 N–H and O–H groups in total. The van der Waals surface area contributed by atoms with E-state index in [9.17, 15) is 20.1 Å². The Morgan fingerprint density at radius 3 is 1.96 bits per heavy atom. The molecule has 0 bridgehead atoms. The maximum Gasteiger partial charge on any atom is 0.192 e. The number of Topliss-reactive ketones (excluding diaryl/α,β-unsaturated/α-hetero) is 1. The normalized spacial score (nSPS) is 20.2. The second-order valence-electron chi connectivity index (χ2n) is 9.03. The van der Waals surface area contributed by atoms with Crippen LogP contribution in [0.15, 0.2) is 0 Å². The Labute approximate surface area is 160 Å². The molecule has 0 radical (unpaired) electrons. The fourth-order valence-corrected chi connectivity index (χ4v) is 3.54. The van der Waals surface area contributed by atoms with E-state index in [1.54, 1.807) is 20.8 Å². The van der Waals surface area contributed by atoms with Crippen LogP contribution in [0.2, 0.25) is 18.1 Å². The van der Waals surface area contributed by atoms with E-state index in [0.717, 1.165) is 0 Å². The molecule has 0 amide bonds. The highest BCUT2D eigenvalue weighted by Gasteiger charge is 2.40. The van der Waals surface area contributed by atoms with Gasteiger partial charge in [-0.15, -0.1) is 0 Å². The van der Waals surface area contributed by atoms with Gasteiger partial charge in [0.05, 0.1) is 12.2 Å². The van der Waals surface area contributed by atoms with Crippen molar-refractivity contribution in [1.29, 1.82) is 0 Å². The summed E-state index contributed by atoms with van der Waals surface area (Å²) in [4.78, 5) is 12.8. The quantitative estimate of drug-likeness (QED) is 0.467. The lowest BCUT2D eigenvalue weighted by Gasteiger charge is -2.37. The number of aliphatic hydroxyl groups excluding tert-OH is 3. The smallest absolute Gasteiger partial charge is 0.192 e. The standard InChI is InChI=1S/C19H40O6Si/c1-12(10-20)15(21)14(3)17(23)18(24-7)16(22)13(2)11-25-26(8,9)19(4,5)6/h12-15,17-18,20-21,23H,10-11H2,1-9H3/t12-,13+,14+,15-,17-,18-/m0/s1. The molecule has 0 heterocycles. The van der Waals surface area contributed by atoms with E-state index in [1.165, 1.54) is 7.11 Å². The van der Waals surface area contributed by atoms with Crippen LogP contribution in [0.1, 0.15) is 41.5 Å². The van der Waals surface area contributed by atoms with Gasteiger partial charge in [-0.2, -0.15) is 0 Å². The fourth-order valence-electron chi connectivity index (χ4n) is 2.44. The summed E-state index contributed by atoms with van der Waals surface area (Å²) >= 11 is 0. The number of methoxy groups -OCH3 is 1. The van der Waals surface area contributed by atoms with Crippen molar-refractivity contribution in [2.45, 2.75) is 78.0 Å². The van der Waals surface area contributed by atoms with Crippen molar-refractivity contribution in [2.24, 2.45) is 17.8 Å². The molecule has 6 atom stereocenters. The first kappa shape index (κ1) is 25.7. The van der Waals surface area contributed by atoms with E-state index >= 15 is 0 Å². The largest absolute Gasteiger partial charge is 0.416 e. The van der Waals surface area contributed by atoms with Gasteiger partial charge in [-0.1, -0.05) is 41.5 Å². The van der Waals surface area contributed by atoms with Crippen LogP contribution in [-0.2, 0) is 14.0 Å². The minimum Gasteiger partial charge on any atom is -0.416 e. The number of ketones is 1. The lowest BCUT2D eigenvalue weighted by molar-refractivity contribution is -0.146. The second-order valence-corrected chi connectivity index (χ2v) is 13.8. The van der Waals surface area contributed by atoms with E-state index in [0.29, 0.717) is 0 Å². The summed E-state index contributed by atoms with van der Waals surface area (Å²) in [6, 6.07) is 0. The van der Waals surface area contributed by atoms with Crippen LogP contribution in [0.5, 0.6) is 0 Å². The summed E-state index contributed by atoms with van der Waals surface area (Å²) in [5, 5.41) is 30.0. The van der Waals surface area contributed by atoms with Crippen molar-refractivity contribution in [2.75, 3.05) is 20.3 Å². The molecule has 6 nitrogen and oxygen atoms in total. The van der Waals surface area contributed by atoms with Crippen molar-refractivity contribution in [3.63, 3.8) is 0 Å². The predicted octanol–water partition coefficient (Wildman–Crippen LogP) is 2.21. The van der Waals surface area contributed by atoms with Gasteiger partial charge in [-0.3, -0.25) is 4.79 Å². The lowest BCUT2D eigenvalue weighted by atomic mass is 9.85. The zero-order chi connectivity index (χ0) is 20.9. The van der Waals surface area contributed by atoms with E-state index in [2.05, 4.69) is 33.9 Å². The lowest BCUT2D eigenvalue weighted by Crippen LogP contribution is -2.48. The highest BCUT2D eigenvalue weighted by Crippen LogP contribution is 2.36. The summed E-state index contributed by atoms with van der Waals surface area (Å²) in [7, 11) is -0.592. The third-order valence-electron chi connectivity index (χ3n) is 5.78. The average molecular weight is 393 g/mol. The molecule has 7 heteroatoms. The molecule has 0 rings (SSSR count). The molecule has 0 spiro atoms. The Morgan fingerprint density at radius 2 is 1.58 bits per heavy atom. The van der Waals surface area contributed by atoms with Crippen LogP contribution in [0.3, 0.4) is 0 Å². The topological polar surface area (TPSA) is 96.2 Å². The van der Waals surface area contributed by atoms with Gasteiger partial charge in [0, 0.05) is 38.1 Å². The number of carbonyl (C=O) groups is 1. The SMILES string of the molecule is CO[C@@H](C(=O)[C@H](C)CO[Si](C)(C)C(C)(C)C)[C@@H](O)[C@H](C)[C@@H](O)[C@@H](C)CO. The average Bonchev–Trinajstić information content (AvgIpc) is 2.56. The number of rotatable bonds is 11. The minimum atomic E-state index is -1.97. The highest BCUT2D eigenvalue weighted by atomic mass is 28.4. The summed E-state index contributed by atoms with van der Waals surface area (Å²) in [6.45, 7) is 15.9. The first-order chi connectivity index (χ1) is 11.7. The van der Waals surface area contributed by atoms with Crippen LogP contribution in [0.25, 0.3) is 0 Å². The molecule has 0 aromatic carbocycles. The summed E-state index contributed by atoms with van der Waals surface area (Å²) in [5.74, 6) is -1.68. The third kappa shape index (κ3) is 6.69. The number of hydrogen-bond acceptors (Lipinski definition) is 6. The van der Waals surface area contributed by atoms with Gasteiger partial charge >= 0.3 is 0 Å². The molecule has 0 aromatic heterocycles. The number of ether oxygens (including phenoxy) is 1. The molecule has 0 fully saturated rings. The molecular formula is C19H40O6Si. The van der Waals surface area contributed by atoms with Crippen molar-refractivity contribution < 1.29 is 29.3 Å². The van der Waals surface area contributed by atoms with Crippen LogP contribution in [0, 0.1) is 17.8 Å². The van der Waals surface area contributed by atoms with Crippen LogP contribution in [-0.4, -0.2) is 68.1 Å². The molecule has 0 saturated heterocycles. The maximum atomic E-state index is 12.8. The van der Waals surface area contributed by atoms with Crippen molar-refractivity contribution in [3.05, 3.63) is 0 Å². The summed E-state index contributed by atoms with van der Waals surface area (Å²) in [5.41, 5.74) is 0. The highest BCUT2D eigenvalue weighted by molar-refractivity contribution is 6.74. The van der Waals surface area contributed by atoms with E-state index < -0.39 is 44.4 Å². The molecular weight excluding hydrogens is 352 g/mol. The van der Waals surface area contributed by atoms with Crippen molar-refractivity contribution in [3.8, 4) is 0 Å². The summed E-state index contributed by atoms with van der Waals surface area (Å²) in [6.07, 6.45) is -3.13. The molecule has 0 unspecified atom stereocenters. The molecule has 156 valence electrons. The molecule has 0 saturated carbocycles. The zero-order valence-corrected chi connectivity index (χ0v) is 18.9. The van der Waals surface area contributed by atoms with E-state index in [-0.39, 0.29) is 24.0 Å².